The molecule has 0 radical (unpaired) electrons. The number of benzene rings is 1. The highest BCUT2D eigenvalue weighted by atomic mass is 16.3. The molecule has 1 aromatic heterocycles. The van der Waals surface area contributed by atoms with Gasteiger partial charge in [-0.3, -0.25) is 9.59 Å². The van der Waals surface area contributed by atoms with Crippen LogP contribution in [0.3, 0.4) is 0 Å². The minimum absolute atomic E-state index is 0.128. The third-order valence-corrected chi connectivity index (χ3v) is 4.21. The first-order chi connectivity index (χ1) is 12.0. The number of carbonyl (C=O) groups excluding carboxylic acids is 2. The van der Waals surface area contributed by atoms with Crippen LogP contribution in [0.2, 0.25) is 0 Å². The smallest absolute Gasteiger partial charge is 0.290 e. The van der Waals surface area contributed by atoms with Gasteiger partial charge in [-0.1, -0.05) is 44.2 Å². The van der Waals surface area contributed by atoms with Crippen molar-refractivity contribution >= 4 is 11.7 Å². The molecule has 5 heteroatoms. The molecule has 1 unspecified atom stereocenters. The molecular weight excluding hydrogens is 318 g/mol. The molecule has 0 aliphatic carbocycles. The largest absolute Gasteiger partial charge is 0.503 e. The molecule has 0 spiro atoms. The van der Waals surface area contributed by atoms with Gasteiger partial charge in [0.1, 0.15) is 11.8 Å². The molecule has 2 heterocycles. The summed E-state index contributed by atoms with van der Waals surface area (Å²) in [6, 6.07) is 12.2. The average Bonchev–Trinajstić information content (AvgIpc) is 3.18. The van der Waals surface area contributed by atoms with E-state index in [4.69, 9.17) is 4.42 Å². The summed E-state index contributed by atoms with van der Waals surface area (Å²) in [4.78, 5) is 26.8. The second-order valence-corrected chi connectivity index (χ2v) is 6.62. The molecule has 5 nitrogen and oxygen atoms in total. The van der Waals surface area contributed by atoms with Gasteiger partial charge in [-0.2, -0.15) is 0 Å². The molecule has 1 N–H and O–H groups in total. The molecule has 1 aliphatic heterocycles. The first kappa shape index (κ1) is 17.0. The number of aliphatic hydroxyl groups excluding tert-OH is 1. The maximum Gasteiger partial charge on any atom is 0.290 e. The lowest BCUT2D eigenvalue weighted by Gasteiger charge is -2.25. The highest BCUT2D eigenvalue weighted by Crippen LogP contribution is 2.39. The second kappa shape index (κ2) is 6.97. The molecule has 0 saturated heterocycles. The van der Waals surface area contributed by atoms with E-state index in [1.807, 2.05) is 44.2 Å². The number of Topliss-reactive ketones (excluding diaryl/α,β-unsaturated/α-hetero) is 1. The number of hydrogen-bond acceptors (Lipinski definition) is 4. The van der Waals surface area contributed by atoms with Gasteiger partial charge in [0.2, 0.25) is 0 Å². The van der Waals surface area contributed by atoms with Crippen LogP contribution in [-0.4, -0.2) is 21.7 Å². The van der Waals surface area contributed by atoms with Crippen LogP contribution in [0.15, 0.2) is 64.5 Å². The van der Waals surface area contributed by atoms with Crippen LogP contribution in [0.25, 0.3) is 0 Å². The van der Waals surface area contributed by atoms with Crippen LogP contribution < -0.4 is 0 Å². The van der Waals surface area contributed by atoms with E-state index in [2.05, 4.69) is 0 Å². The van der Waals surface area contributed by atoms with E-state index in [1.165, 1.54) is 11.2 Å². The van der Waals surface area contributed by atoms with Gasteiger partial charge in [0.05, 0.1) is 11.8 Å². The zero-order valence-corrected chi connectivity index (χ0v) is 14.3. The minimum Gasteiger partial charge on any atom is -0.503 e. The molecule has 0 fully saturated rings. The Balaban J connectivity index is 1.99. The third-order valence-electron chi connectivity index (χ3n) is 4.21. The lowest BCUT2D eigenvalue weighted by Crippen LogP contribution is -2.30. The minimum atomic E-state index is -0.700. The maximum atomic E-state index is 12.7. The van der Waals surface area contributed by atoms with Crippen LogP contribution in [-0.2, 0) is 16.1 Å². The van der Waals surface area contributed by atoms with Crippen LogP contribution in [0.5, 0.6) is 0 Å². The first-order valence-corrected chi connectivity index (χ1v) is 8.33. The molecule has 1 amide bonds. The van der Waals surface area contributed by atoms with Gasteiger partial charge in [0.25, 0.3) is 5.91 Å². The van der Waals surface area contributed by atoms with Gasteiger partial charge < -0.3 is 14.4 Å². The highest BCUT2D eigenvalue weighted by molar-refractivity contribution is 6.08. The summed E-state index contributed by atoms with van der Waals surface area (Å²) in [5, 5.41) is 10.4. The van der Waals surface area contributed by atoms with E-state index in [0.29, 0.717) is 5.76 Å². The van der Waals surface area contributed by atoms with Gasteiger partial charge in [0.15, 0.2) is 11.5 Å². The van der Waals surface area contributed by atoms with E-state index in [-0.39, 0.29) is 30.2 Å². The van der Waals surface area contributed by atoms with Crippen molar-refractivity contribution in [1.82, 2.24) is 4.90 Å². The Morgan fingerprint density at radius 3 is 2.52 bits per heavy atom. The van der Waals surface area contributed by atoms with Gasteiger partial charge >= 0.3 is 0 Å². The van der Waals surface area contributed by atoms with Gasteiger partial charge in [-0.25, -0.2) is 0 Å². The SMILES string of the molecule is CC(C)CC(=O)C1=C(O)C(=O)N(Cc2ccccc2)C1c1ccco1. The van der Waals surface area contributed by atoms with Crippen molar-refractivity contribution in [2.24, 2.45) is 5.92 Å². The number of rotatable bonds is 6. The van der Waals surface area contributed by atoms with Crippen molar-refractivity contribution in [3.05, 3.63) is 71.4 Å². The fourth-order valence-electron chi connectivity index (χ4n) is 3.11. The van der Waals surface area contributed by atoms with Crippen LogP contribution >= 0.6 is 0 Å². The number of ketones is 1. The van der Waals surface area contributed by atoms with E-state index in [0.717, 1.165) is 5.56 Å². The number of aliphatic hydroxyl groups is 1. The zero-order chi connectivity index (χ0) is 18.0. The van der Waals surface area contributed by atoms with Crippen molar-refractivity contribution < 1.29 is 19.1 Å². The number of furan rings is 1. The van der Waals surface area contributed by atoms with Crippen LogP contribution in [0.4, 0.5) is 0 Å². The fourth-order valence-corrected chi connectivity index (χ4v) is 3.11. The van der Waals surface area contributed by atoms with E-state index < -0.39 is 17.7 Å². The number of hydrogen-bond donors (Lipinski definition) is 1. The monoisotopic (exact) mass is 339 g/mol. The second-order valence-electron chi connectivity index (χ2n) is 6.62. The Morgan fingerprint density at radius 2 is 1.92 bits per heavy atom. The predicted molar refractivity (Wildman–Crippen MR) is 92.6 cm³/mol. The summed E-state index contributed by atoms with van der Waals surface area (Å²) in [6.07, 6.45) is 1.77. The van der Waals surface area contributed by atoms with Crippen molar-refractivity contribution in [2.45, 2.75) is 32.9 Å². The van der Waals surface area contributed by atoms with Crippen molar-refractivity contribution in [1.29, 1.82) is 0 Å². The zero-order valence-electron chi connectivity index (χ0n) is 14.3. The summed E-state index contributed by atoms with van der Waals surface area (Å²) in [7, 11) is 0. The molecule has 0 saturated carbocycles. The quantitative estimate of drug-likeness (QED) is 0.869. The molecule has 1 aliphatic rings. The fraction of sp³-hybridized carbons (Fsp3) is 0.300. The van der Waals surface area contributed by atoms with Gasteiger partial charge in [0, 0.05) is 13.0 Å². The molecule has 25 heavy (non-hydrogen) atoms. The highest BCUT2D eigenvalue weighted by Gasteiger charge is 2.44. The topological polar surface area (TPSA) is 70.8 Å². The average molecular weight is 339 g/mol. The Hall–Kier alpha value is -2.82. The Kier molecular flexibility index (Phi) is 4.74. The van der Waals surface area contributed by atoms with E-state index in [9.17, 15) is 14.7 Å². The van der Waals surface area contributed by atoms with Crippen molar-refractivity contribution in [3.8, 4) is 0 Å². The Morgan fingerprint density at radius 1 is 1.20 bits per heavy atom. The Bertz CT molecular complexity index is 790. The van der Waals surface area contributed by atoms with E-state index >= 15 is 0 Å². The lowest BCUT2D eigenvalue weighted by molar-refractivity contribution is -0.130. The first-order valence-electron chi connectivity index (χ1n) is 8.33. The molecular formula is C20H21NO4. The van der Waals surface area contributed by atoms with Crippen LogP contribution in [0.1, 0.15) is 37.6 Å². The molecule has 3 rings (SSSR count). The van der Waals surface area contributed by atoms with Crippen molar-refractivity contribution in [2.75, 3.05) is 0 Å². The molecule has 2 aromatic rings. The molecule has 1 atom stereocenters. The van der Waals surface area contributed by atoms with Crippen LogP contribution in [0, 0.1) is 5.92 Å². The molecule has 130 valence electrons. The van der Waals surface area contributed by atoms with Gasteiger partial charge in [-0.05, 0) is 23.6 Å². The predicted octanol–water partition coefficient (Wildman–Crippen LogP) is 3.79. The third kappa shape index (κ3) is 3.36. The summed E-state index contributed by atoms with van der Waals surface area (Å²) in [6.45, 7) is 4.14. The summed E-state index contributed by atoms with van der Waals surface area (Å²) in [5.74, 6) is -0.637. The summed E-state index contributed by atoms with van der Waals surface area (Å²) >= 11 is 0. The lowest BCUT2D eigenvalue weighted by atomic mass is 9.95. The van der Waals surface area contributed by atoms with Crippen molar-refractivity contribution in [3.63, 3.8) is 0 Å². The van der Waals surface area contributed by atoms with Gasteiger partial charge in [-0.15, -0.1) is 0 Å². The molecule has 1 aromatic carbocycles. The summed E-state index contributed by atoms with van der Waals surface area (Å²) < 4.78 is 5.48. The normalized spacial score (nSPS) is 17.6. The maximum absolute atomic E-state index is 12.7. The number of amides is 1. The molecule has 0 bridgehead atoms. The number of carbonyl (C=O) groups is 2. The Labute approximate surface area is 146 Å². The number of nitrogens with zero attached hydrogens (tertiary/aromatic N) is 1. The summed E-state index contributed by atoms with van der Waals surface area (Å²) in [5.41, 5.74) is 1.04. The standard InChI is InChI=1S/C20H21NO4/c1-13(2)11-15(22)17-18(16-9-6-10-25-16)21(20(24)19(17)23)12-14-7-4-3-5-8-14/h3-10,13,18,23H,11-12H2,1-2H3. The van der Waals surface area contributed by atoms with E-state index in [1.54, 1.807) is 12.1 Å².